The molecule has 0 aromatic carbocycles. The van der Waals surface area contributed by atoms with Crippen LogP contribution in [0.5, 0.6) is 0 Å². The summed E-state index contributed by atoms with van der Waals surface area (Å²) in [6.45, 7) is 8.41. The second-order valence-corrected chi connectivity index (χ2v) is 10.8. The number of aliphatic hydroxyl groups excluding tert-OH is 1. The summed E-state index contributed by atoms with van der Waals surface area (Å²) in [4.78, 5) is 11.9. The standard InChI is InChI=1S/C23H38O3/c1-14(24)16-7-10-21(3)17(13-16)5-6-20-19(21)8-11-22(4)18(15(2)25)9-12-23(20,22)26/h15-20,25-26H,5-13H2,1-4H3/t15-,16+,17-,18?,19-,20+,21-,22+,23+/m0/s1. The predicted octanol–water partition coefficient (Wildman–Crippen LogP) is 4.35. The Morgan fingerprint density at radius 3 is 2.38 bits per heavy atom. The number of hydrogen-bond acceptors (Lipinski definition) is 3. The highest BCUT2D eigenvalue weighted by molar-refractivity contribution is 5.78. The fourth-order valence-electron chi connectivity index (χ4n) is 8.41. The largest absolute Gasteiger partial charge is 0.393 e. The highest BCUT2D eigenvalue weighted by Gasteiger charge is 2.67. The monoisotopic (exact) mass is 362 g/mol. The minimum absolute atomic E-state index is 0.137. The van der Waals surface area contributed by atoms with Crippen LogP contribution >= 0.6 is 0 Å². The Labute approximate surface area is 158 Å². The fourth-order valence-corrected chi connectivity index (χ4v) is 8.41. The molecule has 3 nitrogen and oxygen atoms in total. The van der Waals surface area contributed by atoms with Gasteiger partial charge in [0.1, 0.15) is 5.78 Å². The van der Waals surface area contributed by atoms with Crippen molar-refractivity contribution >= 4 is 5.78 Å². The van der Waals surface area contributed by atoms with Gasteiger partial charge >= 0.3 is 0 Å². The van der Waals surface area contributed by atoms with Gasteiger partial charge < -0.3 is 10.2 Å². The minimum atomic E-state index is -0.608. The van der Waals surface area contributed by atoms with Gasteiger partial charge in [0, 0.05) is 11.3 Å². The van der Waals surface area contributed by atoms with E-state index in [-0.39, 0.29) is 28.8 Å². The molecule has 4 saturated carbocycles. The molecule has 148 valence electrons. The zero-order valence-electron chi connectivity index (χ0n) is 17.1. The fraction of sp³-hybridized carbons (Fsp3) is 0.957. The molecule has 9 atom stereocenters. The van der Waals surface area contributed by atoms with Crippen molar-refractivity contribution in [1.82, 2.24) is 0 Å². The van der Waals surface area contributed by atoms with Crippen LogP contribution in [0.1, 0.15) is 85.5 Å². The maximum absolute atomic E-state index is 12.0. The molecule has 0 aliphatic heterocycles. The Bertz CT molecular complexity index is 586. The van der Waals surface area contributed by atoms with E-state index in [1.54, 1.807) is 6.92 Å². The summed E-state index contributed by atoms with van der Waals surface area (Å²) in [7, 11) is 0. The molecule has 0 amide bonds. The molecule has 0 aromatic heterocycles. The molecule has 0 radical (unpaired) electrons. The maximum atomic E-state index is 12.0. The number of carbonyl (C=O) groups is 1. The lowest BCUT2D eigenvalue weighted by Crippen LogP contribution is -2.62. The van der Waals surface area contributed by atoms with E-state index in [2.05, 4.69) is 13.8 Å². The summed E-state index contributed by atoms with van der Waals surface area (Å²) < 4.78 is 0. The minimum Gasteiger partial charge on any atom is -0.393 e. The van der Waals surface area contributed by atoms with Crippen LogP contribution in [0.15, 0.2) is 0 Å². The molecule has 4 fully saturated rings. The SMILES string of the molecule is CC(=O)[C@@H]1CC[C@@]2(C)[C@@H](CC[C@@H]3[C@@H]2CC[C@]2(C)C([C@H](C)O)CC[C@@]32O)C1. The van der Waals surface area contributed by atoms with Gasteiger partial charge in [0.05, 0.1) is 11.7 Å². The number of carbonyl (C=O) groups excluding carboxylic acids is 1. The first kappa shape index (κ1) is 18.9. The van der Waals surface area contributed by atoms with Gasteiger partial charge in [0.25, 0.3) is 0 Å². The number of aliphatic hydroxyl groups is 2. The highest BCUT2D eigenvalue weighted by atomic mass is 16.3. The predicted molar refractivity (Wildman–Crippen MR) is 103 cm³/mol. The lowest BCUT2D eigenvalue weighted by atomic mass is 9.42. The zero-order valence-corrected chi connectivity index (χ0v) is 17.1. The number of Topliss-reactive ketones (excluding diaryl/α,β-unsaturated/α-hetero) is 1. The van der Waals surface area contributed by atoms with Crippen molar-refractivity contribution in [2.24, 2.45) is 40.4 Å². The van der Waals surface area contributed by atoms with E-state index >= 15 is 0 Å². The Hall–Kier alpha value is -0.410. The summed E-state index contributed by atoms with van der Waals surface area (Å²) in [5.74, 6) is 2.48. The second kappa shape index (κ2) is 6.04. The quantitative estimate of drug-likeness (QED) is 0.768. The van der Waals surface area contributed by atoms with Crippen molar-refractivity contribution in [2.75, 3.05) is 0 Å². The Balaban J connectivity index is 1.63. The van der Waals surface area contributed by atoms with E-state index in [0.717, 1.165) is 44.9 Å². The average Bonchev–Trinajstić information content (AvgIpc) is 2.85. The van der Waals surface area contributed by atoms with Gasteiger partial charge in [-0.1, -0.05) is 13.8 Å². The Morgan fingerprint density at radius 2 is 1.73 bits per heavy atom. The Kier molecular flexibility index (Phi) is 4.40. The molecule has 2 N–H and O–H groups in total. The van der Waals surface area contributed by atoms with Gasteiger partial charge in [-0.2, -0.15) is 0 Å². The molecule has 0 heterocycles. The molecular weight excluding hydrogens is 324 g/mol. The first-order valence-corrected chi connectivity index (χ1v) is 11.0. The third-order valence-corrected chi connectivity index (χ3v) is 10.1. The van der Waals surface area contributed by atoms with Crippen LogP contribution in [0.4, 0.5) is 0 Å². The molecule has 4 aliphatic rings. The molecule has 0 aromatic rings. The van der Waals surface area contributed by atoms with Gasteiger partial charge in [-0.3, -0.25) is 4.79 Å². The molecule has 3 heteroatoms. The first-order valence-electron chi connectivity index (χ1n) is 11.0. The van der Waals surface area contributed by atoms with Crippen LogP contribution < -0.4 is 0 Å². The molecule has 4 rings (SSSR count). The number of rotatable bonds is 2. The lowest BCUT2D eigenvalue weighted by Gasteiger charge is -2.64. The normalized spacial score (nSPS) is 54.8. The second-order valence-electron chi connectivity index (χ2n) is 10.8. The van der Waals surface area contributed by atoms with Crippen LogP contribution in [0.2, 0.25) is 0 Å². The highest BCUT2D eigenvalue weighted by Crippen LogP contribution is 2.69. The van der Waals surface area contributed by atoms with Crippen molar-refractivity contribution in [3.05, 3.63) is 0 Å². The van der Waals surface area contributed by atoms with Crippen molar-refractivity contribution in [2.45, 2.75) is 97.2 Å². The van der Waals surface area contributed by atoms with E-state index in [1.165, 1.54) is 12.8 Å². The van der Waals surface area contributed by atoms with Gasteiger partial charge in [-0.15, -0.1) is 0 Å². The Morgan fingerprint density at radius 1 is 1.00 bits per heavy atom. The van der Waals surface area contributed by atoms with Gasteiger partial charge in [0.2, 0.25) is 0 Å². The third-order valence-electron chi connectivity index (χ3n) is 10.1. The van der Waals surface area contributed by atoms with Crippen LogP contribution in [0, 0.1) is 40.4 Å². The number of fused-ring (bicyclic) bond motifs is 5. The summed E-state index contributed by atoms with van der Waals surface area (Å²) in [6, 6.07) is 0. The summed E-state index contributed by atoms with van der Waals surface area (Å²) in [5.41, 5.74) is -0.458. The van der Waals surface area contributed by atoms with Crippen LogP contribution in [-0.2, 0) is 4.79 Å². The van der Waals surface area contributed by atoms with E-state index in [4.69, 9.17) is 0 Å². The van der Waals surface area contributed by atoms with Crippen LogP contribution in [0.25, 0.3) is 0 Å². The van der Waals surface area contributed by atoms with Crippen molar-refractivity contribution < 1.29 is 15.0 Å². The van der Waals surface area contributed by atoms with Gasteiger partial charge in [-0.05, 0) is 101 Å². The van der Waals surface area contributed by atoms with E-state index in [9.17, 15) is 15.0 Å². The van der Waals surface area contributed by atoms with E-state index in [0.29, 0.717) is 23.5 Å². The molecule has 0 spiro atoms. The van der Waals surface area contributed by atoms with Crippen molar-refractivity contribution in [3.8, 4) is 0 Å². The van der Waals surface area contributed by atoms with Crippen LogP contribution in [0.3, 0.4) is 0 Å². The molecule has 1 unspecified atom stereocenters. The molecule has 4 aliphatic carbocycles. The molecular formula is C23H38O3. The summed E-state index contributed by atoms with van der Waals surface area (Å²) >= 11 is 0. The number of ketones is 1. The zero-order chi connectivity index (χ0) is 18.9. The lowest BCUT2D eigenvalue weighted by molar-refractivity contribution is -0.213. The van der Waals surface area contributed by atoms with Crippen LogP contribution in [-0.4, -0.2) is 27.7 Å². The summed E-state index contributed by atoms with van der Waals surface area (Å²) in [6.07, 6.45) is 9.24. The number of hydrogen-bond donors (Lipinski definition) is 2. The molecule has 26 heavy (non-hydrogen) atoms. The van der Waals surface area contributed by atoms with Gasteiger partial charge in [-0.25, -0.2) is 0 Å². The van der Waals surface area contributed by atoms with Crippen molar-refractivity contribution in [1.29, 1.82) is 0 Å². The topological polar surface area (TPSA) is 57.5 Å². The van der Waals surface area contributed by atoms with E-state index < -0.39 is 5.60 Å². The van der Waals surface area contributed by atoms with Crippen molar-refractivity contribution in [3.63, 3.8) is 0 Å². The summed E-state index contributed by atoms with van der Waals surface area (Å²) in [5, 5.41) is 22.3. The average molecular weight is 363 g/mol. The smallest absolute Gasteiger partial charge is 0.132 e. The van der Waals surface area contributed by atoms with Gasteiger partial charge in [0.15, 0.2) is 0 Å². The third kappa shape index (κ3) is 2.35. The maximum Gasteiger partial charge on any atom is 0.132 e. The van der Waals surface area contributed by atoms with E-state index in [1.807, 2.05) is 6.92 Å². The molecule has 0 saturated heterocycles. The molecule has 0 bridgehead atoms. The first-order chi connectivity index (χ1) is 12.1.